The fraction of sp³-hybridized carbons (Fsp3) is 0.250. The number of hydrogen-bond acceptors (Lipinski definition) is 6. The number of benzene rings is 2. The first-order valence-electron chi connectivity index (χ1n) is 6.49. The lowest BCUT2D eigenvalue weighted by Gasteiger charge is -2.12. The molecule has 0 amide bonds. The van der Waals surface area contributed by atoms with Gasteiger partial charge in [-0.15, -0.1) is 0 Å². The van der Waals surface area contributed by atoms with Gasteiger partial charge in [-0.2, -0.15) is 0 Å². The van der Waals surface area contributed by atoms with Crippen molar-refractivity contribution >= 4 is 23.3 Å². The Morgan fingerprint density at radius 3 is 1.50 bits per heavy atom. The highest BCUT2D eigenvalue weighted by Crippen LogP contribution is 2.30. The van der Waals surface area contributed by atoms with Crippen LogP contribution < -0.4 is 9.47 Å². The summed E-state index contributed by atoms with van der Waals surface area (Å²) < 4.78 is 20.4. The van der Waals surface area contributed by atoms with E-state index in [4.69, 9.17) is 18.9 Å². The largest absolute Gasteiger partial charge is 0.467 e. The smallest absolute Gasteiger partial charge is 0.188 e. The fourth-order valence-corrected chi connectivity index (χ4v) is 2.02. The number of ether oxygens (including phenoxy) is 4. The van der Waals surface area contributed by atoms with Gasteiger partial charge in [-0.3, -0.25) is 9.59 Å². The van der Waals surface area contributed by atoms with Crippen LogP contribution in [0, 0.1) is 0 Å². The molecule has 0 aliphatic heterocycles. The van der Waals surface area contributed by atoms with Gasteiger partial charge in [0, 0.05) is 14.2 Å². The Labute approximate surface area is 127 Å². The summed E-state index contributed by atoms with van der Waals surface area (Å²) in [6.07, 6.45) is 1.40. The maximum Gasteiger partial charge on any atom is 0.188 e. The van der Waals surface area contributed by atoms with E-state index in [1.54, 1.807) is 24.3 Å². The summed E-state index contributed by atoms with van der Waals surface area (Å²) in [6.45, 7) is 0.0594. The number of carbonyl (C=O) groups excluding carboxylic acids is 2. The van der Waals surface area contributed by atoms with Crippen molar-refractivity contribution in [2.24, 2.45) is 0 Å². The predicted molar refractivity (Wildman–Crippen MR) is 79.7 cm³/mol. The maximum absolute atomic E-state index is 11.2. The first-order valence-corrected chi connectivity index (χ1v) is 6.49. The number of fused-ring (bicyclic) bond motifs is 1. The molecule has 6 heteroatoms. The van der Waals surface area contributed by atoms with E-state index in [0.717, 1.165) is 10.8 Å². The zero-order valence-corrected chi connectivity index (χ0v) is 12.3. The van der Waals surface area contributed by atoms with E-state index in [9.17, 15) is 9.59 Å². The molecule has 6 nitrogen and oxygen atoms in total. The van der Waals surface area contributed by atoms with E-state index in [0.29, 0.717) is 35.2 Å². The second kappa shape index (κ2) is 7.53. The van der Waals surface area contributed by atoms with Crippen LogP contribution in [0.2, 0.25) is 0 Å². The van der Waals surface area contributed by atoms with E-state index in [1.807, 2.05) is 0 Å². The van der Waals surface area contributed by atoms with Gasteiger partial charge in [-0.1, -0.05) is 0 Å². The molecular weight excluding hydrogens is 288 g/mol. The molecule has 0 aliphatic carbocycles. The molecule has 2 rings (SSSR count). The molecule has 0 saturated heterocycles. The van der Waals surface area contributed by atoms with Gasteiger partial charge in [0.1, 0.15) is 11.5 Å². The molecule has 0 fully saturated rings. The number of methoxy groups -OCH3 is 2. The number of hydrogen-bond donors (Lipinski definition) is 0. The maximum atomic E-state index is 11.2. The Bertz CT molecular complexity index is 621. The van der Waals surface area contributed by atoms with E-state index >= 15 is 0 Å². The zero-order valence-electron chi connectivity index (χ0n) is 12.3. The summed E-state index contributed by atoms with van der Waals surface area (Å²) in [5.41, 5.74) is 0.780. The normalized spacial score (nSPS) is 10.5. The van der Waals surface area contributed by atoms with Crippen LogP contribution in [-0.2, 0) is 9.47 Å². The van der Waals surface area contributed by atoms with Gasteiger partial charge in [-0.25, -0.2) is 0 Å². The Balaban J connectivity index is 2.52. The van der Waals surface area contributed by atoms with Crippen LogP contribution >= 0.6 is 0 Å². The number of aldehydes is 2. The molecule has 0 atom stereocenters. The van der Waals surface area contributed by atoms with Gasteiger partial charge in [0.25, 0.3) is 0 Å². The van der Waals surface area contributed by atoms with Crippen LogP contribution in [0.4, 0.5) is 0 Å². The van der Waals surface area contributed by atoms with E-state index in [-0.39, 0.29) is 13.6 Å². The first kappa shape index (κ1) is 15.9. The third-order valence-corrected chi connectivity index (χ3v) is 3.02. The first-order chi connectivity index (χ1) is 10.7. The molecule has 0 spiro atoms. The van der Waals surface area contributed by atoms with Crippen molar-refractivity contribution in [2.75, 3.05) is 27.8 Å². The molecule has 116 valence electrons. The number of rotatable bonds is 8. The second-order valence-corrected chi connectivity index (χ2v) is 4.46. The van der Waals surface area contributed by atoms with Gasteiger partial charge < -0.3 is 18.9 Å². The molecule has 2 aromatic rings. The third-order valence-electron chi connectivity index (χ3n) is 3.02. The summed E-state index contributed by atoms with van der Waals surface area (Å²) in [7, 11) is 2.98. The average molecular weight is 304 g/mol. The summed E-state index contributed by atoms with van der Waals surface area (Å²) in [5, 5.41) is 1.51. The van der Waals surface area contributed by atoms with E-state index in [1.165, 1.54) is 14.2 Å². The molecule has 0 bridgehead atoms. The van der Waals surface area contributed by atoms with Crippen molar-refractivity contribution in [1.29, 1.82) is 0 Å². The molecule has 0 radical (unpaired) electrons. The van der Waals surface area contributed by atoms with Gasteiger partial charge in [0.05, 0.1) is 11.1 Å². The third kappa shape index (κ3) is 3.41. The lowest BCUT2D eigenvalue weighted by molar-refractivity contribution is 0.0502. The van der Waals surface area contributed by atoms with Crippen molar-refractivity contribution < 1.29 is 28.5 Å². The molecule has 0 aliphatic rings. The summed E-state index contributed by atoms with van der Waals surface area (Å²) in [4.78, 5) is 22.4. The SMILES string of the molecule is COCOc1cc2cc(C=O)c(OCOC)cc2cc1C=O. The van der Waals surface area contributed by atoms with Crippen molar-refractivity contribution in [3.8, 4) is 11.5 Å². The highest BCUT2D eigenvalue weighted by Gasteiger charge is 2.10. The Hall–Kier alpha value is -2.44. The minimum atomic E-state index is 0.0297. The molecule has 0 heterocycles. The lowest BCUT2D eigenvalue weighted by atomic mass is 10.0. The molecule has 0 saturated carbocycles. The fourth-order valence-electron chi connectivity index (χ4n) is 2.02. The molecule has 0 unspecified atom stereocenters. The van der Waals surface area contributed by atoms with Crippen LogP contribution in [-0.4, -0.2) is 40.4 Å². The molecule has 0 N–H and O–H groups in total. The quantitative estimate of drug-likeness (QED) is 0.551. The summed E-state index contributed by atoms with van der Waals surface area (Å²) in [5.74, 6) is 0.790. The van der Waals surface area contributed by atoms with Crippen LogP contribution in [0.15, 0.2) is 24.3 Å². The highest BCUT2D eigenvalue weighted by atomic mass is 16.7. The minimum absolute atomic E-state index is 0.0297. The van der Waals surface area contributed by atoms with E-state index in [2.05, 4.69) is 0 Å². The second-order valence-electron chi connectivity index (χ2n) is 4.46. The van der Waals surface area contributed by atoms with Crippen LogP contribution in [0.1, 0.15) is 20.7 Å². The lowest BCUT2D eigenvalue weighted by Crippen LogP contribution is -2.03. The van der Waals surface area contributed by atoms with Crippen LogP contribution in [0.3, 0.4) is 0 Å². The van der Waals surface area contributed by atoms with E-state index < -0.39 is 0 Å². The van der Waals surface area contributed by atoms with Crippen LogP contribution in [0.25, 0.3) is 10.8 Å². The van der Waals surface area contributed by atoms with Gasteiger partial charge in [0.15, 0.2) is 26.2 Å². The average Bonchev–Trinajstić information content (AvgIpc) is 2.56. The van der Waals surface area contributed by atoms with Gasteiger partial charge in [0.2, 0.25) is 0 Å². The summed E-state index contributed by atoms with van der Waals surface area (Å²) in [6, 6.07) is 6.71. The van der Waals surface area contributed by atoms with Crippen molar-refractivity contribution in [1.82, 2.24) is 0 Å². The van der Waals surface area contributed by atoms with Crippen molar-refractivity contribution in [3.63, 3.8) is 0 Å². The molecule has 0 aromatic heterocycles. The zero-order chi connectivity index (χ0) is 15.9. The van der Waals surface area contributed by atoms with Crippen LogP contribution in [0.5, 0.6) is 11.5 Å². The topological polar surface area (TPSA) is 71.1 Å². The molecule has 2 aromatic carbocycles. The monoisotopic (exact) mass is 304 g/mol. The standard InChI is InChI=1S/C16H16O6/c1-19-9-21-15-5-11-4-14(8-18)16(22-10-20-2)6-12(11)3-13(15)7-17/h3-8H,9-10H2,1-2H3. The predicted octanol–water partition coefficient (Wildman–Crippen LogP) is 2.43. The summed E-state index contributed by atoms with van der Waals surface area (Å²) >= 11 is 0. The molecular formula is C16H16O6. The highest BCUT2D eigenvalue weighted by molar-refractivity contribution is 5.96. The number of carbonyl (C=O) groups is 2. The van der Waals surface area contributed by atoms with Gasteiger partial charge in [-0.05, 0) is 35.0 Å². The Morgan fingerprint density at radius 2 is 1.18 bits per heavy atom. The molecule has 22 heavy (non-hydrogen) atoms. The Kier molecular flexibility index (Phi) is 5.46. The van der Waals surface area contributed by atoms with Crippen molar-refractivity contribution in [2.45, 2.75) is 0 Å². The van der Waals surface area contributed by atoms with Crippen molar-refractivity contribution in [3.05, 3.63) is 35.4 Å². The minimum Gasteiger partial charge on any atom is -0.467 e. The van der Waals surface area contributed by atoms with Gasteiger partial charge >= 0.3 is 0 Å². The Morgan fingerprint density at radius 1 is 0.773 bits per heavy atom.